The predicted octanol–water partition coefficient (Wildman–Crippen LogP) is 8.81. The van der Waals surface area contributed by atoms with Crippen molar-refractivity contribution in [3.63, 3.8) is 0 Å². The first-order valence-corrected chi connectivity index (χ1v) is 19.5. The van der Waals surface area contributed by atoms with Crippen LogP contribution in [0.25, 0.3) is 0 Å². The smallest absolute Gasteiger partial charge is 0.192 e. The third-order valence-corrected chi connectivity index (χ3v) is 17.1. The van der Waals surface area contributed by atoms with Crippen LogP contribution in [0.5, 0.6) is 0 Å². The average molecular weight is 590 g/mol. The first kappa shape index (κ1) is 34.7. The number of halogens is 1. The first-order valence-electron chi connectivity index (χ1n) is 13.2. The minimum Gasteiger partial charge on any atom is -0.413 e. The largest absolute Gasteiger partial charge is 0.413 e. The fourth-order valence-electron chi connectivity index (χ4n) is 3.88. The van der Waals surface area contributed by atoms with Gasteiger partial charge in [0.2, 0.25) is 0 Å². The van der Waals surface area contributed by atoms with Crippen LogP contribution in [0, 0.1) is 5.92 Å². The monoisotopic (exact) mass is 588 g/mol. The molecule has 4 atom stereocenters. The van der Waals surface area contributed by atoms with Crippen molar-refractivity contribution in [1.29, 1.82) is 0 Å². The maximum atomic E-state index is 11.7. The molecule has 0 saturated heterocycles. The number of allylic oxidation sites excluding steroid dienone is 2. The van der Waals surface area contributed by atoms with Crippen molar-refractivity contribution in [2.45, 2.75) is 123 Å². The van der Waals surface area contributed by atoms with E-state index in [9.17, 15) is 4.79 Å². The van der Waals surface area contributed by atoms with Gasteiger partial charge in [0.25, 0.3) is 0 Å². The summed E-state index contributed by atoms with van der Waals surface area (Å²) in [4.78, 5) is 13.6. The highest BCUT2D eigenvalue weighted by atomic mass is 79.9. The minimum absolute atomic E-state index is 0.00498. The lowest BCUT2D eigenvalue weighted by atomic mass is 9.98. The molecule has 0 amide bonds. The molecule has 0 N–H and O–H groups in total. The van der Waals surface area contributed by atoms with Crippen molar-refractivity contribution in [2.24, 2.45) is 5.92 Å². The number of hydrogen-bond donors (Lipinski definition) is 0. The Morgan fingerprint density at radius 1 is 1.00 bits per heavy atom. The fourth-order valence-corrected chi connectivity index (χ4v) is 8.28. The average Bonchev–Trinajstić information content (AvgIpc) is 2.79. The Balaban J connectivity index is 5.76. The molecule has 0 bridgehead atoms. The summed E-state index contributed by atoms with van der Waals surface area (Å²) in [6, 6.07) is 3.20. The van der Waals surface area contributed by atoms with Crippen molar-refractivity contribution in [1.82, 2.24) is 0 Å². The van der Waals surface area contributed by atoms with Crippen molar-refractivity contribution >= 4 is 38.9 Å². The second-order valence-corrected chi connectivity index (χ2v) is 21.3. The van der Waals surface area contributed by atoms with E-state index in [0.29, 0.717) is 6.42 Å². The van der Waals surface area contributed by atoms with Crippen LogP contribution in [-0.4, -0.2) is 48.3 Å². The van der Waals surface area contributed by atoms with E-state index >= 15 is 0 Å². The second kappa shape index (κ2) is 16.5. The summed E-state index contributed by atoms with van der Waals surface area (Å²) in [5, 5.41) is 0.140. The molecule has 35 heavy (non-hydrogen) atoms. The van der Waals surface area contributed by atoms with Gasteiger partial charge in [-0.15, -0.1) is 0 Å². The highest BCUT2D eigenvalue weighted by Crippen LogP contribution is 2.38. The molecule has 0 saturated carbocycles. The zero-order chi connectivity index (χ0) is 27.3. The van der Waals surface area contributed by atoms with Crippen LogP contribution < -0.4 is 0 Å². The Morgan fingerprint density at radius 3 is 2.00 bits per heavy atom. The molecule has 0 unspecified atom stereocenters. The van der Waals surface area contributed by atoms with Gasteiger partial charge in [0.15, 0.2) is 16.6 Å². The van der Waals surface area contributed by atoms with Crippen LogP contribution in [0.4, 0.5) is 0 Å². The summed E-state index contributed by atoms with van der Waals surface area (Å²) in [6.45, 7) is 22.2. The Labute approximate surface area is 227 Å². The number of carbonyl (C=O) groups excluding carboxylic acids is 1. The minimum atomic E-state index is -1.93. The molecule has 0 aromatic rings. The maximum absolute atomic E-state index is 11.7. The van der Waals surface area contributed by atoms with Gasteiger partial charge in [0, 0.05) is 19.4 Å². The number of ether oxygens (including phenoxy) is 1. The molecule has 0 aliphatic heterocycles. The quantitative estimate of drug-likeness (QED) is 0.0736. The molecule has 0 rings (SSSR count). The predicted molar refractivity (Wildman–Crippen MR) is 160 cm³/mol. The summed E-state index contributed by atoms with van der Waals surface area (Å²) in [6.07, 6.45) is 10.6. The van der Waals surface area contributed by atoms with Gasteiger partial charge >= 0.3 is 0 Å². The van der Waals surface area contributed by atoms with E-state index in [1.165, 1.54) is 5.57 Å². The third kappa shape index (κ3) is 12.2. The van der Waals surface area contributed by atoms with Crippen LogP contribution in [0.3, 0.4) is 0 Å². The molecule has 7 heteroatoms. The molecule has 0 aliphatic carbocycles. The van der Waals surface area contributed by atoms with E-state index in [-0.39, 0.29) is 29.3 Å². The number of rotatable bonds is 17. The van der Waals surface area contributed by atoms with Gasteiger partial charge in [-0.1, -0.05) is 94.3 Å². The van der Waals surface area contributed by atoms with E-state index in [1.807, 2.05) is 24.1 Å². The Kier molecular flexibility index (Phi) is 16.4. The summed E-state index contributed by atoms with van der Waals surface area (Å²) >= 11 is 3.34. The van der Waals surface area contributed by atoms with Crippen LogP contribution in [-0.2, 0) is 18.4 Å². The highest BCUT2D eigenvalue weighted by molar-refractivity contribution is 9.11. The lowest BCUT2D eigenvalue weighted by Gasteiger charge is -2.39. The molecule has 204 valence electrons. The zero-order valence-corrected chi connectivity index (χ0v) is 27.9. The summed E-state index contributed by atoms with van der Waals surface area (Å²) in [7, 11) is -2.03. The zero-order valence-electron chi connectivity index (χ0n) is 24.3. The number of hydrogen-bond acceptors (Lipinski definition) is 4. The van der Waals surface area contributed by atoms with E-state index in [4.69, 9.17) is 13.6 Å². The maximum Gasteiger partial charge on any atom is 0.192 e. The molecule has 0 heterocycles. The van der Waals surface area contributed by atoms with Gasteiger partial charge in [0.1, 0.15) is 6.29 Å². The number of methoxy groups -OCH3 is 1. The van der Waals surface area contributed by atoms with Gasteiger partial charge in [-0.3, -0.25) is 0 Å². The summed E-state index contributed by atoms with van der Waals surface area (Å²) in [5.74, 6) is -0.161. The first-order chi connectivity index (χ1) is 16.2. The van der Waals surface area contributed by atoms with Gasteiger partial charge < -0.3 is 18.4 Å². The highest BCUT2D eigenvalue weighted by Gasteiger charge is 2.39. The SMILES string of the molecule is CC[Si](CC)(CC)O[C@@H](C[C@@H](/C=C(\C)C[C@H](/C=C/C=C/Br)O[Si](C)(C)C(C)(C)C)OC)[C@H](C)C=O. The second-order valence-electron chi connectivity index (χ2n) is 11.2. The Hall–Kier alpha value is -0.316. The lowest BCUT2D eigenvalue weighted by molar-refractivity contribution is -0.113. The van der Waals surface area contributed by atoms with E-state index in [1.54, 1.807) is 7.11 Å². The van der Waals surface area contributed by atoms with E-state index in [2.05, 4.69) is 89.6 Å². The molecular weight excluding hydrogens is 536 g/mol. The lowest BCUT2D eigenvalue weighted by Crippen LogP contribution is -2.43. The molecule has 0 aromatic carbocycles. The molecule has 0 fully saturated rings. The van der Waals surface area contributed by atoms with Crippen LogP contribution in [0.1, 0.15) is 68.2 Å². The van der Waals surface area contributed by atoms with Gasteiger partial charge in [-0.25, -0.2) is 0 Å². The Morgan fingerprint density at radius 2 is 1.57 bits per heavy atom. The van der Waals surface area contributed by atoms with Crippen LogP contribution >= 0.6 is 15.9 Å². The molecule has 0 aromatic heterocycles. The molecule has 0 aliphatic rings. The Bertz CT molecular complexity index is 685. The third-order valence-electron chi connectivity index (χ3n) is 7.66. The van der Waals surface area contributed by atoms with Gasteiger partial charge in [0.05, 0.1) is 18.3 Å². The van der Waals surface area contributed by atoms with Gasteiger partial charge in [-0.2, -0.15) is 0 Å². The number of aldehydes is 1. The van der Waals surface area contributed by atoms with E-state index in [0.717, 1.165) is 30.8 Å². The van der Waals surface area contributed by atoms with E-state index < -0.39 is 16.6 Å². The van der Waals surface area contributed by atoms with Crippen molar-refractivity contribution in [2.75, 3.05) is 7.11 Å². The summed E-state index contributed by atoms with van der Waals surface area (Å²) < 4.78 is 19.4. The molecule has 4 nitrogen and oxygen atoms in total. The standard InChI is InChI=1S/C28H53BrO4Si2/c1-12-35(13-2,14-3)33-27(24(5)22-30)21-26(31-9)20-23(4)19-25(17-15-16-18-29)32-34(10,11)28(6,7)8/h15-18,20,22,24-27H,12-14,19,21H2,1-11H3/b17-15+,18-16+,23-20+/t24-,25+,26-,27+/m1/s1. The molecule has 0 spiro atoms. The summed E-state index contributed by atoms with van der Waals surface area (Å²) in [5.41, 5.74) is 1.22. The van der Waals surface area contributed by atoms with Gasteiger partial charge in [-0.05, 0) is 54.6 Å². The normalized spacial score (nSPS) is 17.7. The van der Waals surface area contributed by atoms with Crippen molar-refractivity contribution in [3.8, 4) is 0 Å². The van der Waals surface area contributed by atoms with Crippen molar-refractivity contribution < 1.29 is 18.4 Å². The molecule has 0 radical (unpaired) electrons. The van der Waals surface area contributed by atoms with Crippen LogP contribution in [0.15, 0.2) is 34.9 Å². The van der Waals surface area contributed by atoms with Crippen LogP contribution in [0.2, 0.25) is 36.3 Å². The topological polar surface area (TPSA) is 44.8 Å². The number of carbonyl (C=O) groups is 1. The van der Waals surface area contributed by atoms with Crippen molar-refractivity contribution in [3.05, 3.63) is 34.9 Å². The fraction of sp³-hybridized carbons (Fsp3) is 0.750. The molecular formula is C28H53BrO4Si2.